The van der Waals surface area contributed by atoms with Crippen LogP contribution in [0, 0.1) is 5.41 Å². The van der Waals surface area contributed by atoms with E-state index in [0.29, 0.717) is 19.3 Å². The highest BCUT2D eigenvalue weighted by atomic mass is 16.4. The zero-order valence-electron chi connectivity index (χ0n) is 8.08. The molecule has 1 unspecified atom stereocenters. The van der Waals surface area contributed by atoms with Gasteiger partial charge in [0.1, 0.15) is 6.04 Å². The van der Waals surface area contributed by atoms with Crippen LogP contribution in [0.25, 0.3) is 0 Å². The molecule has 0 aliphatic heterocycles. The normalized spacial score (nSPS) is 12.8. The van der Waals surface area contributed by atoms with Crippen molar-refractivity contribution in [1.29, 1.82) is 5.41 Å². The Labute approximate surface area is 78.0 Å². The minimum atomic E-state index is -0.825. The van der Waals surface area contributed by atoms with Crippen LogP contribution >= 0.6 is 0 Å². The van der Waals surface area contributed by atoms with Gasteiger partial charge in [-0.25, -0.2) is 0 Å². The number of nitrogens with two attached hydrogens (primary N) is 1. The molecule has 0 heterocycles. The third-order valence-electron chi connectivity index (χ3n) is 1.83. The highest BCUT2D eigenvalue weighted by Gasteiger charge is 2.18. The van der Waals surface area contributed by atoms with E-state index in [1.165, 1.54) is 0 Å². The molecule has 0 radical (unpaired) electrons. The van der Waals surface area contributed by atoms with E-state index in [4.69, 9.17) is 16.2 Å². The molecule has 5 nitrogen and oxygen atoms in total. The summed E-state index contributed by atoms with van der Waals surface area (Å²) in [4.78, 5) is 12.3. The van der Waals surface area contributed by atoms with E-state index in [2.05, 4.69) is 0 Å². The molecular formula is C8H17N3O2. The summed E-state index contributed by atoms with van der Waals surface area (Å²) in [5.41, 5.74) is 5.15. The summed E-state index contributed by atoms with van der Waals surface area (Å²) >= 11 is 0. The first kappa shape index (κ1) is 11.9. The van der Waals surface area contributed by atoms with E-state index in [1.54, 1.807) is 19.0 Å². The lowest BCUT2D eigenvalue weighted by atomic mass is 10.1. The van der Waals surface area contributed by atoms with Gasteiger partial charge in [-0.2, -0.15) is 0 Å². The Balaban J connectivity index is 3.84. The molecule has 0 bridgehead atoms. The Kier molecular flexibility index (Phi) is 5.06. The van der Waals surface area contributed by atoms with Crippen molar-refractivity contribution in [3.05, 3.63) is 0 Å². The van der Waals surface area contributed by atoms with Crippen molar-refractivity contribution < 1.29 is 9.90 Å². The number of carboxylic acid groups (broad SMARTS) is 1. The van der Waals surface area contributed by atoms with E-state index in [9.17, 15) is 4.79 Å². The van der Waals surface area contributed by atoms with Gasteiger partial charge in [0, 0.05) is 6.42 Å². The van der Waals surface area contributed by atoms with Gasteiger partial charge in [0.05, 0.1) is 5.84 Å². The predicted molar refractivity (Wildman–Crippen MR) is 50.9 cm³/mol. The zero-order chi connectivity index (χ0) is 10.4. The topological polar surface area (TPSA) is 90.4 Å². The molecule has 4 N–H and O–H groups in total. The maximum atomic E-state index is 10.7. The fourth-order valence-corrected chi connectivity index (χ4v) is 1.09. The first-order valence-corrected chi connectivity index (χ1v) is 4.17. The van der Waals surface area contributed by atoms with E-state index in [1.807, 2.05) is 0 Å². The first-order chi connectivity index (χ1) is 5.95. The van der Waals surface area contributed by atoms with Crippen LogP contribution in [0.15, 0.2) is 0 Å². The number of amidine groups is 1. The molecular weight excluding hydrogens is 170 g/mol. The number of nitrogens with one attached hydrogen (secondary N) is 1. The van der Waals surface area contributed by atoms with Gasteiger partial charge in [0.15, 0.2) is 0 Å². The number of likely N-dealkylation sites (N-methyl/N-ethyl adjacent to an activating group) is 1. The van der Waals surface area contributed by atoms with Crippen molar-refractivity contribution in [2.75, 3.05) is 14.1 Å². The number of aliphatic carboxylic acids is 1. The largest absolute Gasteiger partial charge is 0.480 e. The Morgan fingerprint density at radius 1 is 1.62 bits per heavy atom. The molecule has 0 fully saturated rings. The monoisotopic (exact) mass is 187 g/mol. The lowest BCUT2D eigenvalue weighted by molar-refractivity contribution is -0.142. The predicted octanol–water partition coefficient (Wildman–Crippen LogP) is 0.107. The molecule has 0 amide bonds. The minimum absolute atomic E-state index is 0.114. The van der Waals surface area contributed by atoms with Crippen LogP contribution in [0.2, 0.25) is 0 Å². The van der Waals surface area contributed by atoms with Crippen molar-refractivity contribution in [1.82, 2.24) is 4.90 Å². The van der Waals surface area contributed by atoms with Crippen LogP contribution in [0.3, 0.4) is 0 Å². The van der Waals surface area contributed by atoms with Crippen LogP contribution in [0.5, 0.6) is 0 Å². The fourth-order valence-electron chi connectivity index (χ4n) is 1.09. The quantitative estimate of drug-likeness (QED) is 0.406. The maximum Gasteiger partial charge on any atom is 0.320 e. The summed E-state index contributed by atoms with van der Waals surface area (Å²) in [6, 6.07) is -0.473. The van der Waals surface area contributed by atoms with Crippen molar-refractivity contribution in [3.63, 3.8) is 0 Å². The van der Waals surface area contributed by atoms with Crippen LogP contribution in [0.4, 0.5) is 0 Å². The van der Waals surface area contributed by atoms with E-state index in [-0.39, 0.29) is 5.84 Å². The third-order valence-corrected chi connectivity index (χ3v) is 1.83. The summed E-state index contributed by atoms with van der Waals surface area (Å²) in [5.74, 6) is -0.712. The van der Waals surface area contributed by atoms with Gasteiger partial charge in [-0.05, 0) is 26.9 Å². The highest BCUT2D eigenvalue weighted by Crippen LogP contribution is 2.05. The number of hydrogen-bond donors (Lipinski definition) is 3. The molecule has 5 heteroatoms. The second-order valence-corrected chi connectivity index (χ2v) is 3.24. The summed E-state index contributed by atoms with van der Waals surface area (Å²) in [6.45, 7) is 0. The summed E-state index contributed by atoms with van der Waals surface area (Å²) < 4.78 is 0. The average molecular weight is 187 g/mol. The molecule has 0 aromatic heterocycles. The van der Waals surface area contributed by atoms with E-state index in [0.717, 1.165) is 0 Å². The van der Waals surface area contributed by atoms with E-state index >= 15 is 0 Å². The lowest BCUT2D eigenvalue weighted by Crippen LogP contribution is -2.35. The summed E-state index contributed by atoms with van der Waals surface area (Å²) in [6.07, 6.45) is 1.64. The summed E-state index contributed by atoms with van der Waals surface area (Å²) in [5, 5.41) is 15.8. The minimum Gasteiger partial charge on any atom is -0.480 e. The molecule has 0 aliphatic rings. The van der Waals surface area contributed by atoms with Gasteiger partial charge >= 0.3 is 5.97 Å². The molecule has 76 valence electrons. The van der Waals surface area contributed by atoms with Crippen molar-refractivity contribution in [2.24, 2.45) is 5.73 Å². The number of rotatable bonds is 6. The van der Waals surface area contributed by atoms with Gasteiger partial charge in [0.2, 0.25) is 0 Å². The van der Waals surface area contributed by atoms with Gasteiger partial charge in [0.25, 0.3) is 0 Å². The van der Waals surface area contributed by atoms with Gasteiger partial charge in [-0.3, -0.25) is 15.1 Å². The van der Waals surface area contributed by atoms with Crippen LogP contribution in [0.1, 0.15) is 19.3 Å². The molecule has 0 rings (SSSR count). The smallest absolute Gasteiger partial charge is 0.320 e. The summed E-state index contributed by atoms with van der Waals surface area (Å²) in [7, 11) is 3.46. The maximum absolute atomic E-state index is 10.7. The standard InChI is InChI=1S/C8H17N3O2/c1-11(2)6(8(12)13)4-3-5-7(9)10/h6H,3-5H2,1-2H3,(H3,9,10)(H,12,13). The van der Waals surface area contributed by atoms with Crippen LogP contribution in [-0.4, -0.2) is 41.9 Å². The zero-order valence-corrected chi connectivity index (χ0v) is 8.08. The number of carboxylic acids is 1. The van der Waals surface area contributed by atoms with Crippen molar-refractivity contribution >= 4 is 11.8 Å². The third kappa shape index (κ3) is 5.19. The molecule has 1 atom stereocenters. The van der Waals surface area contributed by atoms with Crippen molar-refractivity contribution in [3.8, 4) is 0 Å². The Morgan fingerprint density at radius 2 is 2.15 bits per heavy atom. The lowest BCUT2D eigenvalue weighted by Gasteiger charge is -2.19. The van der Waals surface area contributed by atoms with E-state index < -0.39 is 12.0 Å². The average Bonchev–Trinajstić information content (AvgIpc) is 1.95. The van der Waals surface area contributed by atoms with Crippen LogP contribution in [-0.2, 0) is 4.79 Å². The Hall–Kier alpha value is -1.10. The molecule has 13 heavy (non-hydrogen) atoms. The molecule has 0 spiro atoms. The SMILES string of the molecule is CN(C)C(CCCC(=N)N)C(=O)O. The Morgan fingerprint density at radius 3 is 2.46 bits per heavy atom. The second kappa shape index (κ2) is 5.53. The first-order valence-electron chi connectivity index (χ1n) is 4.17. The number of nitrogens with zero attached hydrogens (tertiary/aromatic N) is 1. The Bertz CT molecular complexity index is 192. The molecule has 0 aliphatic carbocycles. The molecule has 0 aromatic carbocycles. The molecule has 0 saturated heterocycles. The second-order valence-electron chi connectivity index (χ2n) is 3.24. The van der Waals surface area contributed by atoms with Gasteiger partial charge in [-0.15, -0.1) is 0 Å². The molecule has 0 aromatic rings. The number of hydrogen-bond acceptors (Lipinski definition) is 3. The van der Waals surface area contributed by atoms with Gasteiger partial charge < -0.3 is 10.8 Å². The van der Waals surface area contributed by atoms with Gasteiger partial charge in [-0.1, -0.05) is 0 Å². The fraction of sp³-hybridized carbons (Fsp3) is 0.750. The van der Waals surface area contributed by atoms with Crippen LogP contribution < -0.4 is 5.73 Å². The van der Waals surface area contributed by atoms with Crippen molar-refractivity contribution in [2.45, 2.75) is 25.3 Å². The highest BCUT2D eigenvalue weighted by molar-refractivity contribution is 5.77. The number of carbonyl (C=O) groups is 1. The molecule has 0 saturated carbocycles.